The summed E-state index contributed by atoms with van der Waals surface area (Å²) in [7, 11) is 1.60. The van der Waals surface area contributed by atoms with Gasteiger partial charge in [-0.25, -0.2) is 0 Å². The molecule has 0 aliphatic heterocycles. The highest BCUT2D eigenvalue weighted by atomic mass is 16.5. The summed E-state index contributed by atoms with van der Waals surface area (Å²) >= 11 is 0. The molecule has 0 spiro atoms. The molecule has 1 atom stereocenters. The Morgan fingerprint density at radius 2 is 2.14 bits per heavy atom. The second kappa shape index (κ2) is 10.3. The van der Waals surface area contributed by atoms with Crippen molar-refractivity contribution in [3.8, 4) is 0 Å². The van der Waals surface area contributed by atoms with Crippen LogP contribution in [0.1, 0.15) is 31.9 Å². The standard InChI is InChI=1S/C16H26N2O3/c1-4-8-17-13(2)14-6-5-7-15(11-14)18-16(19)12-21-10-9-20-3/h5-7,11,13,17H,4,8-10,12H2,1-3H3,(H,18,19). The number of carbonyl (C=O) groups is 1. The molecular weight excluding hydrogens is 268 g/mol. The van der Waals surface area contributed by atoms with Crippen LogP contribution in [0.4, 0.5) is 5.69 Å². The van der Waals surface area contributed by atoms with E-state index in [-0.39, 0.29) is 18.6 Å². The van der Waals surface area contributed by atoms with E-state index in [2.05, 4.69) is 30.5 Å². The monoisotopic (exact) mass is 294 g/mol. The molecule has 0 saturated heterocycles. The maximum Gasteiger partial charge on any atom is 0.250 e. The molecule has 21 heavy (non-hydrogen) atoms. The normalized spacial score (nSPS) is 12.1. The Balaban J connectivity index is 2.46. The SMILES string of the molecule is CCCNC(C)c1cccc(NC(=O)COCCOC)c1. The number of hydrogen-bond donors (Lipinski definition) is 2. The zero-order valence-electron chi connectivity index (χ0n) is 13.1. The minimum atomic E-state index is -0.155. The van der Waals surface area contributed by atoms with Gasteiger partial charge in [-0.3, -0.25) is 4.79 Å². The number of rotatable bonds is 10. The quantitative estimate of drug-likeness (QED) is 0.650. The number of amides is 1. The van der Waals surface area contributed by atoms with Gasteiger partial charge in [0.15, 0.2) is 0 Å². The molecule has 0 fully saturated rings. The van der Waals surface area contributed by atoms with Gasteiger partial charge in [0.25, 0.3) is 0 Å². The largest absolute Gasteiger partial charge is 0.382 e. The molecule has 1 aromatic rings. The van der Waals surface area contributed by atoms with Crippen molar-refractivity contribution >= 4 is 11.6 Å². The molecule has 0 radical (unpaired) electrons. The Kier molecular flexibility index (Phi) is 8.66. The van der Waals surface area contributed by atoms with Gasteiger partial charge < -0.3 is 20.1 Å². The molecule has 2 N–H and O–H groups in total. The third-order valence-electron chi connectivity index (χ3n) is 3.04. The van der Waals surface area contributed by atoms with Gasteiger partial charge in [-0.2, -0.15) is 0 Å². The van der Waals surface area contributed by atoms with Crippen LogP contribution >= 0.6 is 0 Å². The highest BCUT2D eigenvalue weighted by Gasteiger charge is 2.07. The molecule has 0 heterocycles. The van der Waals surface area contributed by atoms with Gasteiger partial charge in [-0.1, -0.05) is 19.1 Å². The number of nitrogens with one attached hydrogen (secondary N) is 2. The lowest BCUT2D eigenvalue weighted by molar-refractivity contribution is -0.121. The number of benzene rings is 1. The average Bonchev–Trinajstić information content (AvgIpc) is 2.49. The van der Waals surface area contributed by atoms with E-state index in [1.807, 2.05) is 18.2 Å². The fourth-order valence-corrected chi connectivity index (χ4v) is 1.87. The number of methoxy groups -OCH3 is 1. The molecule has 0 aliphatic rings. The Bertz CT molecular complexity index is 424. The lowest BCUT2D eigenvalue weighted by Crippen LogP contribution is -2.21. The molecule has 5 heteroatoms. The fraction of sp³-hybridized carbons (Fsp3) is 0.562. The summed E-state index contributed by atoms with van der Waals surface area (Å²) in [6.45, 7) is 6.18. The van der Waals surface area contributed by atoms with E-state index >= 15 is 0 Å². The lowest BCUT2D eigenvalue weighted by Gasteiger charge is -2.15. The van der Waals surface area contributed by atoms with Gasteiger partial charge in [0.1, 0.15) is 6.61 Å². The van der Waals surface area contributed by atoms with E-state index in [4.69, 9.17) is 9.47 Å². The molecule has 5 nitrogen and oxygen atoms in total. The van der Waals surface area contributed by atoms with E-state index in [0.29, 0.717) is 13.2 Å². The number of ether oxygens (including phenoxy) is 2. The van der Waals surface area contributed by atoms with Gasteiger partial charge >= 0.3 is 0 Å². The van der Waals surface area contributed by atoms with Crippen molar-refractivity contribution in [2.75, 3.05) is 38.8 Å². The highest BCUT2D eigenvalue weighted by molar-refractivity contribution is 5.91. The second-order valence-electron chi connectivity index (χ2n) is 4.89. The second-order valence-corrected chi connectivity index (χ2v) is 4.89. The first-order valence-corrected chi connectivity index (χ1v) is 7.37. The van der Waals surface area contributed by atoms with Crippen molar-refractivity contribution in [2.24, 2.45) is 0 Å². The molecule has 1 unspecified atom stereocenters. The predicted molar refractivity (Wildman–Crippen MR) is 84.5 cm³/mol. The van der Waals surface area contributed by atoms with Crippen LogP contribution in [-0.2, 0) is 14.3 Å². The first-order chi connectivity index (χ1) is 10.2. The summed E-state index contributed by atoms with van der Waals surface area (Å²) in [5.41, 5.74) is 1.94. The van der Waals surface area contributed by atoms with Crippen molar-refractivity contribution < 1.29 is 14.3 Å². The molecule has 118 valence electrons. The number of anilines is 1. The van der Waals surface area contributed by atoms with Crippen LogP contribution in [0, 0.1) is 0 Å². The first-order valence-electron chi connectivity index (χ1n) is 7.37. The van der Waals surface area contributed by atoms with Crippen LogP contribution in [0.3, 0.4) is 0 Å². The van der Waals surface area contributed by atoms with Crippen LogP contribution in [0.5, 0.6) is 0 Å². The van der Waals surface area contributed by atoms with Crippen LogP contribution in [0.2, 0.25) is 0 Å². The molecule has 1 aromatic carbocycles. The topological polar surface area (TPSA) is 59.6 Å². The summed E-state index contributed by atoms with van der Waals surface area (Å²) in [6.07, 6.45) is 1.10. The summed E-state index contributed by atoms with van der Waals surface area (Å²) in [5, 5.41) is 6.26. The van der Waals surface area contributed by atoms with Crippen molar-refractivity contribution in [1.82, 2.24) is 5.32 Å². The molecule has 1 amide bonds. The Hall–Kier alpha value is -1.43. The molecule has 0 saturated carbocycles. The average molecular weight is 294 g/mol. The van der Waals surface area contributed by atoms with E-state index in [1.165, 1.54) is 0 Å². The molecule has 0 bridgehead atoms. The molecule has 0 aliphatic carbocycles. The van der Waals surface area contributed by atoms with Crippen molar-refractivity contribution in [3.05, 3.63) is 29.8 Å². The van der Waals surface area contributed by atoms with Crippen LogP contribution in [0.25, 0.3) is 0 Å². The van der Waals surface area contributed by atoms with E-state index in [0.717, 1.165) is 24.2 Å². The van der Waals surface area contributed by atoms with E-state index in [9.17, 15) is 4.79 Å². The fourth-order valence-electron chi connectivity index (χ4n) is 1.87. The Morgan fingerprint density at radius 1 is 1.33 bits per heavy atom. The minimum absolute atomic E-state index is 0.0389. The zero-order chi connectivity index (χ0) is 15.5. The van der Waals surface area contributed by atoms with Gasteiger partial charge in [-0.15, -0.1) is 0 Å². The molecule has 0 aromatic heterocycles. The van der Waals surface area contributed by atoms with Crippen LogP contribution in [0.15, 0.2) is 24.3 Å². The Morgan fingerprint density at radius 3 is 2.86 bits per heavy atom. The maximum atomic E-state index is 11.7. The predicted octanol–water partition coefficient (Wildman–Crippen LogP) is 2.35. The number of carbonyl (C=O) groups excluding carboxylic acids is 1. The molecule has 1 rings (SSSR count). The Labute approximate surface area is 127 Å². The van der Waals surface area contributed by atoms with Crippen molar-refractivity contribution in [3.63, 3.8) is 0 Å². The van der Waals surface area contributed by atoms with Crippen LogP contribution in [-0.4, -0.2) is 39.4 Å². The van der Waals surface area contributed by atoms with Gasteiger partial charge in [0.2, 0.25) is 5.91 Å². The molecular formula is C16H26N2O3. The van der Waals surface area contributed by atoms with Gasteiger partial charge in [0.05, 0.1) is 13.2 Å². The van der Waals surface area contributed by atoms with Crippen molar-refractivity contribution in [1.29, 1.82) is 0 Å². The smallest absolute Gasteiger partial charge is 0.250 e. The lowest BCUT2D eigenvalue weighted by atomic mass is 10.1. The maximum absolute atomic E-state index is 11.7. The van der Waals surface area contributed by atoms with E-state index in [1.54, 1.807) is 7.11 Å². The summed E-state index contributed by atoms with van der Waals surface area (Å²) in [6, 6.07) is 8.13. The third-order valence-corrected chi connectivity index (χ3v) is 3.04. The summed E-state index contributed by atoms with van der Waals surface area (Å²) in [4.78, 5) is 11.7. The third kappa shape index (κ3) is 7.22. The number of hydrogen-bond acceptors (Lipinski definition) is 4. The summed E-state index contributed by atoms with van der Waals surface area (Å²) < 4.78 is 10.0. The minimum Gasteiger partial charge on any atom is -0.382 e. The first kappa shape index (κ1) is 17.6. The highest BCUT2D eigenvalue weighted by Crippen LogP contribution is 2.17. The van der Waals surface area contributed by atoms with E-state index < -0.39 is 0 Å². The van der Waals surface area contributed by atoms with Gasteiger partial charge in [-0.05, 0) is 37.6 Å². The zero-order valence-corrected chi connectivity index (χ0v) is 13.1. The van der Waals surface area contributed by atoms with Crippen LogP contribution < -0.4 is 10.6 Å². The summed E-state index contributed by atoms with van der Waals surface area (Å²) in [5.74, 6) is -0.155. The van der Waals surface area contributed by atoms with Crippen molar-refractivity contribution in [2.45, 2.75) is 26.3 Å². The van der Waals surface area contributed by atoms with Gasteiger partial charge in [0, 0.05) is 18.8 Å².